The molecule has 0 bridgehead atoms. The van der Waals surface area contributed by atoms with Crippen LogP contribution in [0, 0.1) is 0 Å². The van der Waals surface area contributed by atoms with Gasteiger partial charge in [0.15, 0.2) is 0 Å². The van der Waals surface area contributed by atoms with Gasteiger partial charge in [0.2, 0.25) is 23.8 Å². The van der Waals surface area contributed by atoms with Crippen molar-refractivity contribution in [2.75, 3.05) is 35.6 Å². The number of rotatable bonds is 34. The van der Waals surface area contributed by atoms with Gasteiger partial charge in [0, 0.05) is 67.5 Å². The first-order valence-electron chi connectivity index (χ1n) is 36.9. The maximum Gasteiger partial charge on any atom is 0.422 e. The summed E-state index contributed by atoms with van der Waals surface area (Å²) in [6.07, 6.45) is 7.76. The number of urea groups is 2. The quantitative estimate of drug-likeness (QED) is 0.0101. The Labute approximate surface area is 674 Å². The zero-order chi connectivity index (χ0) is 84.6. The Morgan fingerprint density at radius 2 is 0.767 bits per heavy atom. The number of para-hydroxylation sites is 3. The van der Waals surface area contributed by atoms with Gasteiger partial charge in [-0.25, -0.2) is 48.3 Å². The Morgan fingerprint density at radius 3 is 1.12 bits per heavy atom. The number of anilines is 3. The Morgan fingerprint density at radius 1 is 0.431 bits per heavy atom. The molecule has 6 aromatic carbocycles. The topological polar surface area (TPSA) is 505 Å². The van der Waals surface area contributed by atoms with E-state index in [2.05, 4.69) is 71.3 Å². The number of amides is 9. The summed E-state index contributed by atoms with van der Waals surface area (Å²) in [5.74, 6) is -1.18. The smallest absolute Gasteiger partial charge is 0.422 e. The summed E-state index contributed by atoms with van der Waals surface area (Å²) in [7, 11) is -11.9. The molecule has 3 heterocycles. The maximum absolute atomic E-state index is 13.3. The van der Waals surface area contributed by atoms with Crippen LogP contribution in [-0.2, 0) is 78.9 Å². The molecule has 3 aromatic heterocycles. The van der Waals surface area contributed by atoms with Crippen LogP contribution in [0.2, 0.25) is 0 Å². The molecule has 3 unspecified atom stereocenters. The van der Waals surface area contributed by atoms with E-state index in [1.54, 1.807) is 99.9 Å². The number of nitrogens with one attached hydrogen (secondary N) is 12. The largest absolute Gasteiger partial charge is 0.443 e. The number of isocyanates is 1. The van der Waals surface area contributed by atoms with E-state index in [4.69, 9.17) is 20.3 Å². The lowest BCUT2D eigenvalue weighted by Crippen LogP contribution is -2.48. The Hall–Kier alpha value is -11.9. The number of nitrogens with zero attached hydrogens (tertiary/aromatic N) is 4. The molecule has 0 saturated heterocycles. The molecule has 0 radical (unpaired) electrons. The lowest BCUT2D eigenvalue weighted by Gasteiger charge is -2.20. The third-order valence-corrected chi connectivity index (χ3v) is 18.6. The summed E-state index contributed by atoms with van der Waals surface area (Å²) < 4.78 is 90.1. The van der Waals surface area contributed by atoms with Crippen molar-refractivity contribution in [3.8, 4) is 0 Å². The van der Waals surface area contributed by atoms with Crippen molar-refractivity contribution in [1.29, 1.82) is 0 Å². The molecular weight excluding hydrogens is 1550 g/mol. The molecule has 0 saturated carbocycles. The van der Waals surface area contributed by atoms with Crippen LogP contribution in [0.15, 0.2) is 206 Å². The number of carbonyl (C=O) groups excluding carboxylic acids is 8. The molecular formula is C79H100N18O16S3. The molecule has 0 spiro atoms. The van der Waals surface area contributed by atoms with Gasteiger partial charge >= 0.3 is 44.7 Å². The van der Waals surface area contributed by atoms with Gasteiger partial charge in [-0.15, -0.1) is 0 Å². The molecule has 9 amide bonds. The first-order chi connectivity index (χ1) is 55.1. The second kappa shape index (κ2) is 47.1. The van der Waals surface area contributed by atoms with E-state index in [1.807, 2.05) is 152 Å². The van der Waals surface area contributed by atoms with Crippen LogP contribution in [0.25, 0.3) is 32.7 Å². The van der Waals surface area contributed by atoms with Crippen LogP contribution in [0.3, 0.4) is 0 Å². The first kappa shape index (κ1) is 92.9. The van der Waals surface area contributed by atoms with Crippen LogP contribution in [0.4, 0.5) is 36.2 Å². The van der Waals surface area contributed by atoms with E-state index >= 15 is 0 Å². The summed E-state index contributed by atoms with van der Waals surface area (Å²) in [6, 6.07) is 52.2. The molecule has 16 N–H and O–H groups in total. The van der Waals surface area contributed by atoms with E-state index in [0.717, 1.165) is 32.8 Å². The van der Waals surface area contributed by atoms with Crippen molar-refractivity contribution in [3.05, 3.63) is 217 Å². The van der Waals surface area contributed by atoms with Crippen molar-refractivity contribution < 1.29 is 73.1 Å². The van der Waals surface area contributed by atoms with E-state index in [1.165, 1.54) is 6.08 Å². The zero-order valence-electron chi connectivity index (χ0n) is 65.1. The summed E-state index contributed by atoms with van der Waals surface area (Å²) in [5, 5.41) is 27.0. The van der Waals surface area contributed by atoms with Crippen molar-refractivity contribution in [2.45, 2.75) is 148 Å². The van der Waals surface area contributed by atoms with Crippen molar-refractivity contribution in [1.82, 2.24) is 59.8 Å². The van der Waals surface area contributed by atoms with Crippen molar-refractivity contribution in [3.63, 3.8) is 0 Å². The maximum atomic E-state index is 13.3. The van der Waals surface area contributed by atoms with E-state index < -0.39 is 96.0 Å². The minimum absolute atomic E-state index is 0.0000827. The number of aliphatic imine (C=N–C) groups is 1. The molecule has 9 aromatic rings. The fraction of sp³-hybridized carbons (Fsp3) is 0.329. The van der Waals surface area contributed by atoms with Crippen molar-refractivity contribution >= 4 is 128 Å². The average molecular weight is 1650 g/mol. The number of carbonyl (C=O) groups is 7. The predicted molar refractivity (Wildman–Crippen MR) is 444 cm³/mol. The lowest BCUT2D eigenvalue weighted by molar-refractivity contribution is -0.118. The number of ether oxygens (including phenoxy) is 2. The molecule has 9 rings (SSSR count). The zero-order valence-corrected chi connectivity index (χ0v) is 67.5. The second-order valence-electron chi connectivity index (χ2n) is 27.8. The van der Waals surface area contributed by atoms with Gasteiger partial charge in [0.25, 0.3) is 10.2 Å². The van der Waals surface area contributed by atoms with Gasteiger partial charge in [-0.05, 0) is 146 Å². The Kier molecular flexibility index (Phi) is 37.7. The highest BCUT2D eigenvalue weighted by atomic mass is 32.2. The van der Waals surface area contributed by atoms with Gasteiger partial charge in [-0.2, -0.15) is 34.7 Å². The summed E-state index contributed by atoms with van der Waals surface area (Å²) >= 11 is 0. The predicted octanol–water partition coefficient (Wildman–Crippen LogP) is 9.13. The highest BCUT2D eigenvalue weighted by Gasteiger charge is 2.26. The summed E-state index contributed by atoms with van der Waals surface area (Å²) in [5.41, 5.74) is 10.7. The van der Waals surface area contributed by atoms with Gasteiger partial charge in [0.1, 0.15) is 23.3 Å². The average Bonchev–Trinajstić information content (AvgIpc) is 0.830. The minimum atomic E-state index is -4.12. The fourth-order valence-corrected chi connectivity index (χ4v) is 12.5. The molecule has 0 aliphatic heterocycles. The number of nitrogens with two attached hydrogens (primary N) is 2. The number of unbranched alkanes of at least 4 members (excludes halogenated alkanes) is 3. The summed E-state index contributed by atoms with van der Waals surface area (Å²) in [6.45, 7) is 11.0. The van der Waals surface area contributed by atoms with Crippen LogP contribution in [0.5, 0.6) is 0 Å². The highest BCUT2D eigenvalue weighted by molar-refractivity contribution is 7.88. The SMILES string of the molecule is CC(C)(C)OC(=O)NS(=O)(=O)NCCCCC(N)C(=O)Nc1cccc2cccnc12.CC(C)(C)OC(=O)NS(=O)(=O)NCCCCC(NC(=O)NCc1ccccc1)C(=O)Nc1cccc2cccnc12.NS(=O)(=O)NCCCCC(NC(=O)NCc1ccccc1)C(=O)Nc1cccc2cccnc12.O=C=NCc1ccccc1. The van der Waals surface area contributed by atoms with E-state index in [-0.39, 0.29) is 38.5 Å². The van der Waals surface area contributed by atoms with E-state index in [0.29, 0.717) is 98.1 Å². The molecule has 3 atom stereocenters. The molecule has 0 aliphatic rings. The van der Waals surface area contributed by atoms with Crippen LogP contribution < -0.4 is 71.7 Å². The molecule has 0 aliphatic carbocycles. The molecule has 37 heteroatoms. The first-order valence-corrected chi connectivity index (χ1v) is 41.4. The van der Waals surface area contributed by atoms with Crippen LogP contribution in [-0.4, -0.2) is 137 Å². The minimum Gasteiger partial charge on any atom is -0.443 e. The molecule has 620 valence electrons. The Bertz CT molecular complexity index is 5090. The van der Waals surface area contributed by atoms with Crippen LogP contribution in [0.1, 0.15) is 116 Å². The number of hydrogen-bond donors (Lipinski definition) is 14. The number of aromatic nitrogens is 3. The third kappa shape index (κ3) is 36.9. The monoisotopic (exact) mass is 1650 g/mol. The number of fused-ring (bicyclic) bond motifs is 3. The van der Waals surface area contributed by atoms with Gasteiger partial charge in [0.05, 0.1) is 46.2 Å². The third-order valence-electron chi connectivity index (χ3n) is 15.9. The number of hydrogen-bond acceptors (Lipinski definition) is 21. The fourth-order valence-electron chi connectivity index (χ4n) is 10.6. The van der Waals surface area contributed by atoms with Gasteiger partial charge in [-0.3, -0.25) is 29.3 Å². The number of pyridine rings is 3. The highest BCUT2D eigenvalue weighted by Crippen LogP contribution is 2.25. The lowest BCUT2D eigenvalue weighted by atomic mass is 10.1. The molecule has 116 heavy (non-hydrogen) atoms. The van der Waals surface area contributed by atoms with E-state index in [9.17, 15) is 63.6 Å². The van der Waals surface area contributed by atoms with Gasteiger partial charge in [-0.1, -0.05) is 152 Å². The standard InChI is InChI=1S/C28H36N6O6S.C23H28N6O4S.C20H29N5O5S.C8H7NO/c1-28(2,3)40-27(37)34-41(38,39)31-18-8-7-15-23(33-26(36)30-19-20-11-5-4-6-12-20)25(35)32-22-16-9-13-21-14-10-17-29-24(21)22;24-34(32,33)27-15-5-4-12-20(29-23(31)26-16-17-8-2-1-3-9-17)22(30)28-19-13-6-10-18-11-7-14-25-21(18)19;1-20(2,3)30-19(27)25-31(28,29)23-13-5-4-10-15(21)18(26)24-16-11-6-8-14-9-7-12-22-17(14)16;10-7-9-6-8-4-2-1-3-5-8/h4-6,9-14,16-17,23,31H,7-8,15,18-19H2,1-3H3,(H,32,35)(H,34,37)(H2,30,33,36);1-3,6-11,13-14,20,27H,4-5,12,15-16H2,(H,28,30)(H2,24,32,33)(H2,26,29,31);6-9,11-12,15,23H,4-5,10,13,21H2,1-3H3,(H,24,26)(H,25,27);1-5H,6H2. The Balaban J connectivity index is 0.000000256. The van der Waals surface area contributed by atoms with Crippen molar-refractivity contribution in [2.24, 2.45) is 15.9 Å². The second-order valence-corrected chi connectivity index (χ2v) is 32.1. The molecule has 34 nitrogen and oxygen atoms in total. The normalized spacial score (nSPS) is 12.1. The van der Waals surface area contributed by atoms with Crippen LogP contribution >= 0.6 is 0 Å². The molecule has 0 fully saturated rings. The van der Waals surface area contributed by atoms with Gasteiger partial charge < -0.3 is 52.4 Å². The summed E-state index contributed by atoms with van der Waals surface area (Å²) in [4.78, 5) is 113. The number of benzene rings is 6.